The van der Waals surface area contributed by atoms with E-state index in [0.717, 1.165) is 51.6 Å². The van der Waals surface area contributed by atoms with Crippen LogP contribution in [-0.4, -0.2) is 60.3 Å². The van der Waals surface area contributed by atoms with Crippen LogP contribution in [0.4, 0.5) is 0 Å². The van der Waals surface area contributed by atoms with E-state index in [4.69, 9.17) is 9.84 Å². The zero-order valence-electron chi connectivity index (χ0n) is 12.6. The van der Waals surface area contributed by atoms with Crippen LogP contribution in [0.2, 0.25) is 0 Å². The minimum absolute atomic E-state index is 0.0850. The molecule has 1 amide bonds. The minimum atomic E-state index is -0.936. The second-order valence-corrected chi connectivity index (χ2v) is 5.92. The van der Waals surface area contributed by atoms with Gasteiger partial charge in [0.2, 0.25) is 5.91 Å². The maximum absolute atomic E-state index is 12.3. The first-order valence-electron chi connectivity index (χ1n) is 8.00. The molecule has 0 aromatic heterocycles. The van der Waals surface area contributed by atoms with Crippen molar-refractivity contribution in [1.82, 2.24) is 10.2 Å². The molecule has 0 bridgehead atoms. The lowest BCUT2D eigenvalue weighted by Gasteiger charge is -2.28. The summed E-state index contributed by atoms with van der Waals surface area (Å²) in [5.41, 5.74) is 0. The number of rotatable bonds is 7. The highest BCUT2D eigenvalue weighted by Crippen LogP contribution is 2.24. The summed E-state index contributed by atoms with van der Waals surface area (Å²) < 4.78 is 5.74. The Balaban J connectivity index is 1.75. The highest BCUT2D eigenvalue weighted by atomic mass is 16.5. The maximum Gasteiger partial charge on any atom is 0.323 e. The van der Waals surface area contributed by atoms with Crippen LogP contribution in [0.3, 0.4) is 0 Å². The van der Waals surface area contributed by atoms with Crippen LogP contribution in [0.5, 0.6) is 0 Å². The second kappa shape index (κ2) is 8.34. The van der Waals surface area contributed by atoms with E-state index in [1.807, 2.05) is 0 Å². The Bertz CT molecular complexity index is 350. The van der Waals surface area contributed by atoms with Gasteiger partial charge in [0.1, 0.15) is 6.54 Å². The molecule has 2 aliphatic rings. The highest BCUT2D eigenvalue weighted by Gasteiger charge is 2.28. The molecule has 0 unspecified atom stereocenters. The summed E-state index contributed by atoms with van der Waals surface area (Å²) in [6, 6.07) is 0.104. The number of carboxylic acids is 1. The van der Waals surface area contributed by atoms with Crippen molar-refractivity contribution in [3.05, 3.63) is 0 Å². The van der Waals surface area contributed by atoms with Crippen molar-refractivity contribution in [2.24, 2.45) is 0 Å². The number of carboxylic acid groups (broad SMARTS) is 1. The molecule has 1 aliphatic carbocycles. The smallest absolute Gasteiger partial charge is 0.323 e. The number of hydrogen-bond acceptors (Lipinski definition) is 4. The van der Waals surface area contributed by atoms with Crippen molar-refractivity contribution >= 4 is 11.9 Å². The molecule has 1 saturated carbocycles. The number of carbonyl (C=O) groups excluding carboxylic acids is 1. The van der Waals surface area contributed by atoms with Crippen LogP contribution < -0.4 is 5.32 Å². The quantitative estimate of drug-likeness (QED) is 0.733. The predicted octanol–water partition coefficient (Wildman–Crippen LogP) is 1.00. The first-order chi connectivity index (χ1) is 10.2. The lowest BCUT2D eigenvalue weighted by atomic mass is 10.1. The molecular weight excluding hydrogens is 272 g/mol. The zero-order chi connectivity index (χ0) is 15.1. The van der Waals surface area contributed by atoms with Gasteiger partial charge in [0, 0.05) is 6.04 Å². The number of nitrogens with zero attached hydrogens (tertiary/aromatic N) is 1. The fraction of sp³-hybridized carbons (Fsp3) is 0.867. The topological polar surface area (TPSA) is 78.9 Å². The number of carbonyl (C=O) groups is 2. The summed E-state index contributed by atoms with van der Waals surface area (Å²) in [6.07, 6.45) is 6.50. The Morgan fingerprint density at radius 2 is 1.81 bits per heavy atom. The van der Waals surface area contributed by atoms with Crippen molar-refractivity contribution in [1.29, 1.82) is 0 Å². The van der Waals surface area contributed by atoms with Crippen molar-refractivity contribution in [3.8, 4) is 0 Å². The van der Waals surface area contributed by atoms with Gasteiger partial charge in [-0.2, -0.15) is 0 Å². The van der Waals surface area contributed by atoms with Crippen LogP contribution in [0.15, 0.2) is 0 Å². The van der Waals surface area contributed by atoms with E-state index in [1.54, 1.807) is 4.90 Å². The van der Waals surface area contributed by atoms with Crippen LogP contribution in [0.1, 0.15) is 44.9 Å². The first kappa shape index (κ1) is 16.2. The summed E-state index contributed by atoms with van der Waals surface area (Å²) in [5, 5.41) is 12.3. The summed E-state index contributed by atoms with van der Waals surface area (Å²) in [6.45, 7) is 2.14. The predicted molar refractivity (Wildman–Crippen MR) is 78.1 cm³/mol. The van der Waals surface area contributed by atoms with Gasteiger partial charge in [-0.15, -0.1) is 0 Å². The number of piperidine rings is 1. The highest BCUT2D eigenvalue weighted by molar-refractivity contribution is 5.81. The molecule has 2 rings (SSSR count). The molecule has 0 spiro atoms. The third kappa shape index (κ3) is 5.28. The second-order valence-electron chi connectivity index (χ2n) is 5.92. The molecule has 6 nitrogen and oxygen atoms in total. The van der Waals surface area contributed by atoms with Gasteiger partial charge < -0.3 is 20.1 Å². The van der Waals surface area contributed by atoms with Gasteiger partial charge >= 0.3 is 5.97 Å². The SMILES string of the molecule is O=C(O)CN(C(=O)CCOC1CCNCC1)C1CCCC1. The van der Waals surface area contributed by atoms with Gasteiger partial charge in [0.15, 0.2) is 0 Å². The van der Waals surface area contributed by atoms with Crippen molar-refractivity contribution in [3.63, 3.8) is 0 Å². The van der Waals surface area contributed by atoms with E-state index in [0.29, 0.717) is 6.61 Å². The van der Waals surface area contributed by atoms with Gasteiger partial charge in [-0.05, 0) is 38.8 Å². The van der Waals surface area contributed by atoms with Crippen LogP contribution >= 0.6 is 0 Å². The molecule has 120 valence electrons. The Labute approximate surface area is 125 Å². The number of hydrogen-bond donors (Lipinski definition) is 2. The summed E-state index contributed by atoms with van der Waals surface area (Å²) in [7, 11) is 0. The summed E-state index contributed by atoms with van der Waals surface area (Å²) in [4.78, 5) is 24.8. The molecule has 0 aromatic carbocycles. The monoisotopic (exact) mass is 298 g/mol. The summed E-state index contributed by atoms with van der Waals surface area (Å²) in [5.74, 6) is -1.02. The first-order valence-corrected chi connectivity index (χ1v) is 8.00. The number of nitrogens with one attached hydrogen (secondary N) is 1. The standard InChI is InChI=1S/C15H26N2O4/c18-14(7-10-21-13-5-8-16-9-6-13)17(11-15(19)20)12-3-1-2-4-12/h12-13,16H,1-11H2,(H,19,20). The molecule has 1 heterocycles. The van der Waals surface area contributed by atoms with Gasteiger partial charge in [-0.25, -0.2) is 0 Å². The number of ether oxygens (including phenoxy) is 1. The summed E-state index contributed by atoms with van der Waals surface area (Å²) >= 11 is 0. The fourth-order valence-corrected chi connectivity index (χ4v) is 3.20. The Morgan fingerprint density at radius 3 is 2.43 bits per heavy atom. The molecule has 6 heteroatoms. The third-order valence-corrected chi connectivity index (χ3v) is 4.35. The molecule has 0 radical (unpaired) electrons. The van der Waals surface area contributed by atoms with Gasteiger partial charge in [0.05, 0.1) is 19.1 Å². The molecule has 0 atom stereocenters. The van der Waals surface area contributed by atoms with Crippen LogP contribution in [0.25, 0.3) is 0 Å². The normalized spacial score (nSPS) is 20.6. The van der Waals surface area contributed by atoms with E-state index in [-0.39, 0.29) is 31.0 Å². The average Bonchev–Trinajstić information content (AvgIpc) is 2.99. The maximum atomic E-state index is 12.3. The van der Waals surface area contributed by atoms with E-state index < -0.39 is 5.97 Å². The number of aliphatic carboxylic acids is 1. The van der Waals surface area contributed by atoms with Crippen molar-refractivity contribution in [2.75, 3.05) is 26.2 Å². The van der Waals surface area contributed by atoms with Crippen LogP contribution in [0, 0.1) is 0 Å². The molecule has 0 aromatic rings. The van der Waals surface area contributed by atoms with E-state index >= 15 is 0 Å². The number of amides is 1. The van der Waals surface area contributed by atoms with E-state index in [9.17, 15) is 9.59 Å². The molecule has 21 heavy (non-hydrogen) atoms. The Morgan fingerprint density at radius 1 is 1.14 bits per heavy atom. The zero-order valence-corrected chi connectivity index (χ0v) is 12.6. The average molecular weight is 298 g/mol. The van der Waals surface area contributed by atoms with Gasteiger partial charge in [-0.1, -0.05) is 12.8 Å². The Hall–Kier alpha value is -1.14. The fourth-order valence-electron chi connectivity index (χ4n) is 3.20. The Kier molecular flexibility index (Phi) is 6.45. The molecule has 1 saturated heterocycles. The molecule has 2 N–H and O–H groups in total. The molecular formula is C15H26N2O4. The van der Waals surface area contributed by atoms with Crippen molar-refractivity contribution < 1.29 is 19.4 Å². The molecule has 1 aliphatic heterocycles. The largest absolute Gasteiger partial charge is 0.480 e. The van der Waals surface area contributed by atoms with Gasteiger partial charge in [0.25, 0.3) is 0 Å². The third-order valence-electron chi connectivity index (χ3n) is 4.35. The lowest BCUT2D eigenvalue weighted by molar-refractivity contribution is -0.147. The van der Waals surface area contributed by atoms with Gasteiger partial charge in [-0.3, -0.25) is 9.59 Å². The molecule has 2 fully saturated rings. The van der Waals surface area contributed by atoms with Crippen molar-refractivity contribution in [2.45, 2.75) is 57.1 Å². The van der Waals surface area contributed by atoms with Crippen LogP contribution in [-0.2, 0) is 14.3 Å². The lowest BCUT2D eigenvalue weighted by Crippen LogP contribution is -2.42. The van der Waals surface area contributed by atoms with E-state index in [2.05, 4.69) is 5.32 Å². The van der Waals surface area contributed by atoms with E-state index in [1.165, 1.54) is 0 Å². The minimum Gasteiger partial charge on any atom is -0.480 e.